The summed E-state index contributed by atoms with van der Waals surface area (Å²) in [7, 11) is 1.96. The van der Waals surface area contributed by atoms with Gasteiger partial charge in [-0.3, -0.25) is 14.7 Å². The monoisotopic (exact) mass is 380 g/mol. The summed E-state index contributed by atoms with van der Waals surface area (Å²) in [4.78, 5) is 7.00. The molecule has 0 bridgehead atoms. The molecule has 0 amide bonds. The quantitative estimate of drug-likeness (QED) is 0.712. The fraction of sp³-hybridized carbons (Fsp3) is 0.476. The Morgan fingerprint density at radius 3 is 2.79 bits per heavy atom. The van der Waals surface area contributed by atoms with Crippen molar-refractivity contribution in [2.45, 2.75) is 52.5 Å². The first-order chi connectivity index (χ1) is 13.5. The van der Waals surface area contributed by atoms with Gasteiger partial charge in [-0.1, -0.05) is 29.8 Å². The lowest BCUT2D eigenvalue weighted by molar-refractivity contribution is 0.0461. The van der Waals surface area contributed by atoms with Crippen LogP contribution in [0.25, 0.3) is 0 Å². The fourth-order valence-electron chi connectivity index (χ4n) is 3.97. The molecular formula is C21H28N6O. The molecule has 28 heavy (non-hydrogen) atoms. The van der Waals surface area contributed by atoms with Gasteiger partial charge in [-0.25, -0.2) is 4.98 Å². The van der Waals surface area contributed by atoms with E-state index in [0.29, 0.717) is 6.61 Å². The maximum Gasteiger partial charge on any atom is 0.167 e. The molecule has 2 atom stereocenters. The summed E-state index contributed by atoms with van der Waals surface area (Å²) in [5.41, 5.74) is 4.78. The largest absolute Gasteiger partial charge is 0.372 e. The molecule has 148 valence electrons. The Morgan fingerprint density at radius 2 is 2.11 bits per heavy atom. The average Bonchev–Trinajstić information content (AvgIpc) is 3.33. The van der Waals surface area contributed by atoms with Gasteiger partial charge in [-0.15, -0.1) is 0 Å². The Hall–Kier alpha value is -2.51. The maximum absolute atomic E-state index is 6.28. The van der Waals surface area contributed by atoms with E-state index < -0.39 is 0 Å². The van der Waals surface area contributed by atoms with Crippen LogP contribution >= 0.6 is 0 Å². The van der Waals surface area contributed by atoms with Crippen molar-refractivity contribution in [3.63, 3.8) is 0 Å². The Bertz CT molecular complexity index is 946. The number of H-pyrrole nitrogens is 1. The minimum atomic E-state index is 0.145. The van der Waals surface area contributed by atoms with Gasteiger partial charge in [0.15, 0.2) is 5.82 Å². The number of benzene rings is 1. The number of hydrogen-bond acceptors (Lipinski definition) is 5. The smallest absolute Gasteiger partial charge is 0.167 e. The molecule has 1 aliphatic rings. The average molecular weight is 380 g/mol. The number of likely N-dealkylation sites (tertiary alicyclic amines) is 1. The normalized spacial score (nSPS) is 20.1. The van der Waals surface area contributed by atoms with Crippen molar-refractivity contribution < 1.29 is 4.74 Å². The molecule has 1 aromatic carbocycles. The second-order valence-corrected chi connectivity index (χ2v) is 7.80. The molecule has 1 fully saturated rings. The lowest BCUT2D eigenvalue weighted by atomic mass is 10.1. The maximum atomic E-state index is 6.28. The fourth-order valence-corrected chi connectivity index (χ4v) is 3.97. The van der Waals surface area contributed by atoms with Crippen molar-refractivity contribution in [1.82, 2.24) is 29.9 Å². The summed E-state index contributed by atoms with van der Waals surface area (Å²) in [5.74, 6) is 1.69. The van der Waals surface area contributed by atoms with Gasteiger partial charge in [0, 0.05) is 31.9 Å². The number of nitrogens with one attached hydrogen (secondary N) is 1. The van der Waals surface area contributed by atoms with Crippen LogP contribution in [0.4, 0.5) is 0 Å². The van der Waals surface area contributed by atoms with Crippen molar-refractivity contribution in [2.24, 2.45) is 7.05 Å². The van der Waals surface area contributed by atoms with E-state index in [-0.39, 0.29) is 12.1 Å². The van der Waals surface area contributed by atoms with Crippen LogP contribution in [0.1, 0.15) is 46.5 Å². The van der Waals surface area contributed by atoms with E-state index >= 15 is 0 Å². The van der Waals surface area contributed by atoms with Gasteiger partial charge in [0.2, 0.25) is 0 Å². The van der Waals surface area contributed by atoms with Gasteiger partial charge in [0.1, 0.15) is 5.82 Å². The van der Waals surface area contributed by atoms with Gasteiger partial charge in [-0.2, -0.15) is 10.2 Å². The van der Waals surface area contributed by atoms with Crippen LogP contribution in [0.5, 0.6) is 0 Å². The standard InChI is InChI=1S/C21H28N6O/c1-14-6-5-7-17(8-14)13-28-19-9-20(21-22-16(3)23-24-21)27(12-19)11-18-10-26(4)25-15(18)2/h5-8,10,19-20H,9,11-13H2,1-4H3,(H,22,23,24)/t19-,20-/m0/s1. The van der Waals surface area contributed by atoms with Crippen LogP contribution in [-0.4, -0.2) is 42.5 Å². The zero-order chi connectivity index (χ0) is 19.7. The van der Waals surface area contributed by atoms with Crippen LogP contribution in [0.2, 0.25) is 0 Å². The van der Waals surface area contributed by atoms with Gasteiger partial charge >= 0.3 is 0 Å². The molecule has 0 saturated carbocycles. The van der Waals surface area contributed by atoms with Crippen LogP contribution < -0.4 is 0 Å². The molecule has 1 saturated heterocycles. The van der Waals surface area contributed by atoms with Crippen molar-refractivity contribution in [1.29, 1.82) is 0 Å². The van der Waals surface area contributed by atoms with E-state index in [0.717, 1.165) is 36.9 Å². The summed E-state index contributed by atoms with van der Waals surface area (Å²) in [6, 6.07) is 8.64. The van der Waals surface area contributed by atoms with Crippen LogP contribution in [0, 0.1) is 20.8 Å². The second kappa shape index (κ2) is 7.85. The first-order valence-corrected chi connectivity index (χ1v) is 9.77. The van der Waals surface area contributed by atoms with Crippen molar-refractivity contribution in [2.75, 3.05) is 6.54 Å². The predicted octanol–water partition coefficient (Wildman–Crippen LogP) is 3.00. The molecule has 0 unspecified atom stereocenters. The van der Waals surface area contributed by atoms with Crippen molar-refractivity contribution in [3.8, 4) is 0 Å². The highest BCUT2D eigenvalue weighted by Gasteiger charge is 2.36. The van der Waals surface area contributed by atoms with E-state index in [4.69, 9.17) is 4.74 Å². The van der Waals surface area contributed by atoms with Crippen LogP contribution in [0.3, 0.4) is 0 Å². The van der Waals surface area contributed by atoms with Crippen molar-refractivity contribution in [3.05, 3.63) is 64.5 Å². The first kappa shape index (κ1) is 18.8. The lowest BCUT2D eigenvalue weighted by Gasteiger charge is -2.21. The third kappa shape index (κ3) is 4.15. The Morgan fingerprint density at radius 1 is 1.25 bits per heavy atom. The highest BCUT2D eigenvalue weighted by molar-refractivity contribution is 5.21. The lowest BCUT2D eigenvalue weighted by Crippen LogP contribution is -2.25. The molecular weight excluding hydrogens is 352 g/mol. The minimum Gasteiger partial charge on any atom is -0.372 e. The molecule has 3 aromatic rings. The molecule has 2 aromatic heterocycles. The van der Waals surface area contributed by atoms with Gasteiger partial charge < -0.3 is 4.74 Å². The molecule has 1 aliphatic heterocycles. The number of nitrogens with zero attached hydrogens (tertiary/aromatic N) is 5. The highest BCUT2D eigenvalue weighted by atomic mass is 16.5. The van der Waals surface area contributed by atoms with E-state index in [1.54, 1.807) is 0 Å². The number of aryl methyl sites for hydroxylation is 4. The summed E-state index contributed by atoms with van der Waals surface area (Å²) >= 11 is 0. The third-order valence-corrected chi connectivity index (χ3v) is 5.33. The van der Waals surface area contributed by atoms with Crippen molar-refractivity contribution >= 4 is 0 Å². The SMILES string of the molecule is Cc1cccc(CO[C@H]2C[C@@H](c3n[nH]c(C)n3)N(Cc3cn(C)nc3C)C2)c1. The Kier molecular flexibility index (Phi) is 5.28. The van der Waals surface area contributed by atoms with Crippen LogP contribution in [0.15, 0.2) is 30.5 Å². The zero-order valence-corrected chi connectivity index (χ0v) is 17.0. The van der Waals surface area contributed by atoms with Gasteiger partial charge in [-0.05, 0) is 32.8 Å². The summed E-state index contributed by atoms with van der Waals surface area (Å²) in [6.07, 6.45) is 3.14. The Labute approximate surface area is 165 Å². The third-order valence-electron chi connectivity index (χ3n) is 5.33. The number of aromatic amines is 1. The summed E-state index contributed by atoms with van der Waals surface area (Å²) in [5, 5.41) is 11.9. The first-order valence-electron chi connectivity index (χ1n) is 9.77. The topological polar surface area (TPSA) is 71.9 Å². The summed E-state index contributed by atoms with van der Waals surface area (Å²) < 4.78 is 8.15. The number of ether oxygens (including phenoxy) is 1. The van der Waals surface area contributed by atoms with Gasteiger partial charge in [0.25, 0.3) is 0 Å². The van der Waals surface area contributed by atoms with E-state index in [1.807, 2.05) is 18.7 Å². The molecule has 4 rings (SSSR count). The predicted molar refractivity (Wildman–Crippen MR) is 107 cm³/mol. The second-order valence-electron chi connectivity index (χ2n) is 7.80. The van der Waals surface area contributed by atoms with Crippen LogP contribution in [-0.2, 0) is 24.9 Å². The molecule has 1 N–H and O–H groups in total. The number of rotatable bonds is 6. The molecule has 0 radical (unpaired) electrons. The van der Waals surface area contributed by atoms with Gasteiger partial charge in [0.05, 0.1) is 24.4 Å². The highest BCUT2D eigenvalue weighted by Crippen LogP contribution is 2.33. The molecule has 0 aliphatic carbocycles. The number of hydrogen-bond donors (Lipinski definition) is 1. The molecule has 7 heteroatoms. The molecule has 0 spiro atoms. The number of aromatic nitrogens is 5. The molecule has 3 heterocycles. The Balaban J connectivity index is 1.48. The van der Waals surface area contributed by atoms with E-state index in [1.165, 1.54) is 16.7 Å². The van der Waals surface area contributed by atoms with E-state index in [2.05, 4.69) is 69.5 Å². The molecule has 7 nitrogen and oxygen atoms in total. The minimum absolute atomic E-state index is 0.145. The zero-order valence-electron chi connectivity index (χ0n) is 17.0. The summed E-state index contributed by atoms with van der Waals surface area (Å²) in [6.45, 7) is 8.42. The van der Waals surface area contributed by atoms with E-state index in [9.17, 15) is 0 Å².